The van der Waals surface area contributed by atoms with Crippen LogP contribution < -0.4 is 0 Å². The van der Waals surface area contributed by atoms with E-state index >= 15 is 0 Å². The third-order valence-electron chi connectivity index (χ3n) is 5.50. The molecule has 0 saturated heterocycles. The number of nitrogens with zero attached hydrogens (tertiary/aromatic N) is 2. The zero-order chi connectivity index (χ0) is 20.9. The topological polar surface area (TPSA) is 25.8 Å². The summed E-state index contributed by atoms with van der Waals surface area (Å²) in [5.74, 6) is 0. The second kappa shape index (κ2) is 8.76. The van der Waals surface area contributed by atoms with Crippen LogP contribution in [-0.4, -0.2) is 9.97 Å². The molecular weight excluding hydrogens is 376 g/mol. The second-order valence-corrected chi connectivity index (χ2v) is 7.50. The molecule has 3 aromatic carbocycles. The molecule has 0 bridgehead atoms. The van der Waals surface area contributed by atoms with Gasteiger partial charge in [-0.25, -0.2) is 0 Å². The number of aromatic nitrogens is 2. The van der Waals surface area contributed by atoms with Gasteiger partial charge in [0.2, 0.25) is 0 Å². The molecule has 0 fully saturated rings. The Morgan fingerprint density at radius 2 is 1.06 bits per heavy atom. The summed E-state index contributed by atoms with van der Waals surface area (Å²) in [4.78, 5) is 9.23. The molecule has 148 valence electrons. The first kappa shape index (κ1) is 19.0. The van der Waals surface area contributed by atoms with Gasteiger partial charge in [0.25, 0.3) is 0 Å². The number of hydrogen-bond acceptors (Lipinski definition) is 2. The Labute approximate surface area is 182 Å². The highest BCUT2D eigenvalue weighted by Gasteiger charge is 2.12. The standard InChI is InChI=1S/C29H22N2/c1-2-10-22(11-3-1)23-16-17-25(27(21-23)29-15-7-9-19-31-29)20-24-12-4-5-13-26(24)28-14-6-8-18-30-28/h1-19,21H,20H2. The van der Waals surface area contributed by atoms with Crippen LogP contribution in [0.5, 0.6) is 0 Å². The Morgan fingerprint density at radius 3 is 1.77 bits per heavy atom. The highest BCUT2D eigenvalue weighted by atomic mass is 14.7. The van der Waals surface area contributed by atoms with Gasteiger partial charge in [0.1, 0.15) is 0 Å². The van der Waals surface area contributed by atoms with Crippen molar-refractivity contribution in [1.82, 2.24) is 9.97 Å². The Kier molecular flexibility index (Phi) is 5.36. The van der Waals surface area contributed by atoms with Crippen LogP contribution in [-0.2, 0) is 6.42 Å². The zero-order valence-corrected chi connectivity index (χ0v) is 17.1. The fraction of sp³-hybridized carbons (Fsp3) is 0.0345. The fourth-order valence-corrected chi connectivity index (χ4v) is 3.95. The van der Waals surface area contributed by atoms with Gasteiger partial charge in [-0.15, -0.1) is 0 Å². The smallest absolute Gasteiger partial charge is 0.0705 e. The van der Waals surface area contributed by atoms with Crippen molar-refractivity contribution in [3.8, 4) is 33.6 Å². The molecule has 2 aromatic heterocycles. The SMILES string of the molecule is c1ccc(-c2ccc(Cc3ccccc3-c3ccccn3)c(-c3ccccn3)c2)cc1. The van der Waals surface area contributed by atoms with Gasteiger partial charge >= 0.3 is 0 Å². The van der Waals surface area contributed by atoms with E-state index in [0.717, 1.165) is 23.4 Å². The predicted molar refractivity (Wildman–Crippen MR) is 128 cm³/mol. The van der Waals surface area contributed by atoms with Crippen LogP contribution in [0.1, 0.15) is 11.1 Å². The molecule has 0 amide bonds. The van der Waals surface area contributed by atoms with Crippen molar-refractivity contribution in [2.45, 2.75) is 6.42 Å². The van der Waals surface area contributed by atoms with Crippen LogP contribution in [0, 0.1) is 0 Å². The molecule has 2 heterocycles. The minimum Gasteiger partial charge on any atom is -0.256 e. The average molecular weight is 399 g/mol. The van der Waals surface area contributed by atoms with E-state index in [1.807, 2.05) is 42.7 Å². The van der Waals surface area contributed by atoms with Crippen LogP contribution in [0.15, 0.2) is 122 Å². The highest BCUT2D eigenvalue weighted by Crippen LogP contribution is 2.32. The number of rotatable bonds is 5. The van der Waals surface area contributed by atoms with Crippen molar-refractivity contribution in [2.24, 2.45) is 0 Å². The summed E-state index contributed by atoms with van der Waals surface area (Å²) < 4.78 is 0. The lowest BCUT2D eigenvalue weighted by Gasteiger charge is -2.14. The van der Waals surface area contributed by atoms with Crippen molar-refractivity contribution in [1.29, 1.82) is 0 Å². The van der Waals surface area contributed by atoms with Crippen LogP contribution in [0.3, 0.4) is 0 Å². The molecule has 0 N–H and O–H groups in total. The first-order valence-electron chi connectivity index (χ1n) is 10.5. The maximum atomic E-state index is 4.65. The van der Waals surface area contributed by atoms with Crippen molar-refractivity contribution in [3.63, 3.8) is 0 Å². The van der Waals surface area contributed by atoms with Gasteiger partial charge in [-0.1, -0.05) is 78.9 Å². The third-order valence-corrected chi connectivity index (χ3v) is 5.50. The number of hydrogen-bond donors (Lipinski definition) is 0. The molecule has 0 saturated carbocycles. The molecular formula is C29H22N2. The Bertz CT molecular complexity index is 1280. The van der Waals surface area contributed by atoms with Gasteiger partial charge in [-0.3, -0.25) is 9.97 Å². The van der Waals surface area contributed by atoms with E-state index in [0.29, 0.717) is 0 Å². The van der Waals surface area contributed by atoms with Gasteiger partial charge in [-0.2, -0.15) is 0 Å². The van der Waals surface area contributed by atoms with Crippen molar-refractivity contribution >= 4 is 0 Å². The minimum absolute atomic E-state index is 0.813. The highest BCUT2D eigenvalue weighted by molar-refractivity contribution is 5.75. The number of benzene rings is 3. The molecule has 0 aliphatic rings. The Morgan fingerprint density at radius 1 is 0.452 bits per heavy atom. The van der Waals surface area contributed by atoms with E-state index in [2.05, 4.69) is 88.8 Å². The van der Waals surface area contributed by atoms with Gasteiger partial charge < -0.3 is 0 Å². The van der Waals surface area contributed by atoms with Crippen LogP contribution >= 0.6 is 0 Å². The molecule has 31 heavy (non-hydrogen) atoms. The zero-order valence-electron chi connectivity index (χ0n) is 17.1. The summed E-state index contributed by atoms with van der Waals surface area (Å²) in [6.45, 7) is 0. The first-order chi connectivity index (χ1) is 15.4. The number of pyridine rings is 2. The lowest BCUT2D eigenvalue weighted by molar-refractivity contribution is 1.17. The summed E-state index contributed by atoms with van der Waals surface area (Å²) in [6, 6.07) is 37.9. The fourth-order valence-electron chi connectivity index (χ4n) is 3.95. The van der Waals surface area contributed by atoms with E-state index in [-0.39, 0.29) is 0 Å². The van der Waals surface area contributed by atoms with Crippen molar-refractivity contribution in [2.75, 3.05) is 0 Å². The lowest BCUT2D eigenvalue weighted by Crippen LogP contribution is -1.97. The normalized spacial score (nSPS) is 10.7. The second-order valence-electron chi connectivity index (χ2n) is 7.50. The summed E-state index contributed by atoms with van der Waals surface area (Å²) in [6.07, 6.45) is 4.52. The van der Waals surface area contributed by atoms with E-state index < -0.39 is 0 Å². The van der Waals surface area contributed by atoms with Crippen LogP contribution in [0.4, 0.5) is 0 Å². The van der Waals surface area contributed by atoms with E-state index in [9.17, 15) is 0 Å². The summed E-state index contributed by atoms with van der Waals surface area (Å²) >= 11 is 0. The molecule has 0 aliphatic carbocycles. The largest absolute Gasteiger partial charge is 0.256 e. The molecule has 0 unspecified atom stereocenters. The Balaban J connectivity index is 1.61. The quantitative estimate of drug-likeness (QED) is 0.316. The van der Waals surface area contributed by atoms with Gasteiger partial charge in [0, 0.05) is 23.5 Å². The van der Waals surface area contributed by atoms with Crippen LogP contribution in [0.25, 0.3) is 33.6 Å². The predicted octanol–water partition coefficient (Wildman–Crippen LogP) is 7.07. The van der Waals surface area contributed by atoms with E-state index in [4.69, 9.17) is 0 Å². The maximum Gasteiger partial charge on any atom is 0.0705 e. The molecule has 5 aromatic rings. The lowest BCUT2D eigenvalue weighted by atomic mass is 9.91. The van der Waals surface area contributed by atoms with Gasteiger partial charge in [-0.05, 0) is 59.0 Å². The maximum absolute atomic E-state index is 4.65. The van der Waals surface area contributed by atoms with E-state index in [1.165, 1.54) is 27.8 Å². The van der Waals surface area contributed by atoms with Crippen molar-refractivity contribution in [3.05, 3.63) is 133 Å². The average Bonchev–Trinajstić information content (AvgIpc) is 2.86. The van der Waals surface area contributed by atoms with Gasteiger partial charge in [0.15, 0.2) is 0 Å². The molecule has 0 atom stereocenters. The molecule has 2 nitrogen and oxygen atoms in total. The molecule has 5 rings (SSSR count). The molecule has 0 aliphatic heterocycles. The molecule has 0 radical (unpaired) electrons. The minimum atomic E-state index is 0.813. The summed E-state index contributed by atoms with van der Waals surface area (Å²) in [5.41, 5.74) is 9.24. The summed E-state index contributed by atoms with van der Waals surface area (Å²) in [7, 11) is 0. The molecule has 2 heteroatoms. The summed E-state index contributed by atoms with van der Waals surface area (Å²) in [5, 5.41) is 0. The first-order valence-corrected chi connectivity index (χ1v) is 10.5. The monoisotopic (exact) mass is 398 g/mol. The van der Waals surface area contributed by atoms with Crippen LogP contribution in [0.2, 0.25) is 0 Å². The van der Waals surface area contributed by atoms with Crippen molar-refractivity contribution < 1.29 is 0 Å². The Hall–Kier alpha value is -4.04. The van der Waals surface area contributed by atoms with E-state index in [1.54, 1.807) is 0 Å². The van der Waals surface area contributed by atoms with Gasteiger partial charge in [0.05, 0.1) is 11.4 Å². The molecule has 0 spiro atoms. The third kappa shape index (κ3) is 4.15.